The Hall–Kier alpha value is -2.50. The van der Waals surface area contributed by atoms with Crippen molar-refractivity contribution in [2.75, 3.05) is 26.2 Å². The molecule has 0 aliphatic carbocycles. The highest BCUT2D eigenvalue weighted by Gasteiger charge is 2.22. The lowest BCUT2D eigenvalue weighted by Gasteiger charge is -2.16. The van der Waals surface area contributed by atoms with Gasteiger partial charge in [-0.2, -0.15) is 0 Å². The molecule has 1 atom stereocenters. The Morgan fingerprint density at radius 1 is 1.19 bits per heavy atom. The Morgan fingerprint density at radius 2 is 1.94 bits per heavy atom. The fourth-order valence-corrected chi connectivity index (χ4v) is 5.38. The van der Waals surface area contributed by atoms with Crippen molar-refractivity contribution in [2.45, 2.75) is 49.6 Å². The number of carbonyl (C=O) groups excluding carboxylic acids is 1. The van der Waals surface area contributed by atoms with Crippen molar-refractivity contribution in [1.29, 1.82) is 0 Å². The first-order valence-electron chi connectivity index (χ1n) is 10.9. The van der Waals surface area contributed by atoms with Crippen LogP contribution in [0.25, 0.3) is 10.9 Å². The monoisotopic (exact) mass is 464 g/mol. The third-order valence-corrected chi connectivity index (χ3v) is 7.59. The molecule has 3 heterocycles. The fourth-order valence-electron chi connectivity index (χ4n) is 4.28. The number of nitrogens with one attached hydrogen (secondary N) is 1. The third kappa shape index (κ3) is 4.50. The summed E-state index contributed by atoms with van der Waals surface area (Å²) >= 11 is 0. The van der Waals surface area contributed by atoms with Gasteiger partial charge in [-0.3, -0.25) is 18.7 Å². The summed E-state index contributed by atoms with van der Waals surface area (Å²) in [6, 6.07) is 4.12. The highest BCUT2D eigenvalue weighted by atomic mass is 32.2. The lowest BCUT2D eigenvalue weighted by atomic mass is 10.2. The standard InChI is InChI=1S/C21H28N4O6S/c1-23-18-7-6-16(32(29,30)22-14-15-5-4-12-31-15)13-17(18)20(27)25(21(23)28)11-8-19(26)24-9-2-3-10-24/h6-7,13,15,22H,2-5,8-12,14H2,1H3. The molecular weight excluding hydrogens is 436 g/mol. The zero-order valence-corrected chi connectivity index (χ0v) is 18.9. The lowest BCUT2D eigenvalue weighted by Crippen LogP contribution is -2.40. The normalized spacial score (nSPS) is 19.2. The van der Waals surface area contributed by atoms with E-state index in [9.17, 15) is 22.8 Å². The average molecular weight is 465 g/mol. The van der Waals surface area contributed by atoms with Gasteiger partial charge in [-0.25, -0.2) is 17.9 Å². The van der Waals surface area contributed by atoms with Gasteiger partial charge in [-0.1, -0.05) is 0 Å². The number of hydrogen-bond donors (Lipinski definition) is 1. The first-order valence-corrected chi connectivity index (χ1v) is 12.4. The molecule has 1 unspecified atom stereocenters. The smallest absolute Gasteiger partial charge is 0.331 e. The zero-order valence-electron chi connectivity index (χ0n) is 18.1. The van der Waals surface area contributed by atoms with E-state index in [0.717, 1.165) is 30.3 Å². The maximum atomic E-state index is 13.1. The number of ether oxygens (including phenoxy) is 1. The molecule has 0 saturated carbocycles. The van der Waals surface area contributed by atoms with Gasteiger partial charge in [0.2, 0.25) is 15.9 Å². The van der Waals surface area contributed by atoms with Crippen molar-refractivity contribution >= 4 is 26.8 Å². The first-order chi connectivity index (χ1) is 15.3. The van der Waals surface area contributed by atoms with Gasteiger partial charge in [-0.15, -0.1) is 0 Å². The summed E-state index contributed by atoms with van der Waals surface area (Å²) in [6.07, 6.45) is 3.50. The minimum atomic E-state index is -3.85. The molecule has 11 heteroatoms. The number of rotatable bonds is 7. The molecule has 1 amide bonds. The van der Waals surface area contributed by atoms with E-state index in [1.165, 1.54) is 29.8 Å². The third-order valence-electron chi connectivity index (χ3n) is 6.17. The Labute approximate surface area is 185 Å². The van der Waals surface area contributed by atoms with Crippen LogP contribution in [0.5, 0.6) is 0 Å². The van der Waals surface area contributed by atoms with Gasteiger partial charge < -0.3 is 9.64 Å². The molecule has 4 rings (SSSR count). The number of carbonyl (C=O) groups is 1. The number of hydrogen-bond acceptors (Lipinski definition) is 6. The second-order valence-electron chi connectivity index (χ2n) is 8.30. The van der Waals surface area contributed by atoms with Gasteiger partial charge in [0.15, 0.2) is 0 Å². The highest BCUT2D eigenvalue weighted by molar-refractivity contribution is 7.89. The van der Waals surface area contributed by atoms with E-state index in [2.05, 4.69) is 4.72 Å². The van der Waals surface area contributed by atoms with Gasteiger partial charge in [0.25, 0.3) is 5.56 Å². The van der Waals surface area contributed by atoms with Gasteiger partial charge >= 0.3 is 5.69 Å². The molecule has 0 bridgehead atoms. The largest absolute Gasteiger partial charge is 0.377 e. The molecular formula is C21H28N4O6S. The summed E-state index contributed by atoms with van der Waals surface area (Å²) in [6.45, 7) is 2.13. The van der Waals surface area contributed by atoms with Crippen molar-refractivity contribution in [3.63, 3.8) is 0 Å². The van der Waals surface area contributed by atoms with E-state index in [0.29, 0.717) is 25.2 Å². The van der Waals surface area contributed by atoms with Crippen LogP contribution in [0.3, 0.4) is 0 Å². The Balaban J connectivity index is 1.62. The maximum Gasteiger partial charge on any atom is 0.331 e. The van der Waals surface area contributed by atoms with Gasteiger partial charge in [-0.05, 0) is 43.9 Å². The number of benzene rings is 1. The zero-order chi connectivity index (χ0) is 22.9. The van der Waals surface area contributed by atoms with Crippen LogP contribution in [0.4, 0.5) is 0 Å². The summed E-state index contributed by atoms with van der Waals surface area (Å²) in [5, 5.41) is 0.112. The second kappa shape index (κ2) is 9.16. The van der Waals surface area contributed by atoms with Crippen LogP contribution < -0.4 is 16.0 Å². The van der Waals surface area contributed by atoms with Gasteiger partial charge in [0.05, 0.1) is 21.9 Å². The van der Waals surface area contributed by atoms with Crippen LogP contribution in [-0.4, -0.2) is 60.7 Å². The molecule has 10 nitrogen and oxygen atoms in total. The first kappa shape index (κ1) is 22.7. The van der Waals surface area contributed by atoms with E-state index in [4.69, 9.17) is 4.74 Å². The van der Waals surface area contributed by atoms with Crippen molar-refractivity contribution in [1.82, 2.24) is 18.8 Å². The topological polar surface area (TPSA) is 120 Å². The maximum absolute atomic E-state index is 13.1. The highest BCUT2D eigenvalue weighted by Crippen LogP contribution is 2.17. The number of likely N-dealkylation sites (tertiary alicyclic amines) is 1. The van der Waals surface area contributed by atoms with Crippen molar-refractivity contribution in [2.24, 2.45) is 7.05 Å². The number of sulfonamides is 1. The predicted octanol–water partition coefficient (Wildman–Crippen LogP) is 0.170. The predicted molar refractivity (Wildman–Crippen MR) is 118 cm³/mol. The average Bonchev–Trinajstić information content (AvgIpc) is 3.50. The molecule has 32 heavy (non-hydrogen) atoms. The second-order valence-corrected chi connectivity index (χ2v) is 10.1. The summed E-state index contributed by atoms with van der Waals surface area (Å²) in [7, 11) is -2.33. The minimum Gasteiger partial charge on any atom is -0.377 e. The molecule has 2 fully saturated rings. The summed E-state index contributed by atoms with van der Waals surface area (Å²) in [4.78, 5) is 39.8. The van der Waals surface area contributed by atoms with Crippen LogP contribution in [0.1, 0.15) is 32.1 Å². The van der Waals surface area contributed by atoms with E-state index < -0.39 is 21.3 Å². The van der Waals surface area contributed by atoms with E-state index in [1.807, 2.05) is 0 Å². The summed E-state index contributed by atoms with van der Waals surface area (Å²) in [5.41, 5.74) is -0.808. The molecule has 2 aromatic rings. The number of amides is 1. The molecule has 174 valence electrons. The van der Waals surface area contributed by atoms with Crippen LogP contribution >= 0.6 is 0 Å². The molecule has 1 N–H and O–H groups in total. The van der Waals surface area contributed by atoms with E-state index in [-0.39, 0.29) is 41.8 Å². The summed E-state index contributed by atoms with van der Waals surface area (Å²) < 4.78 is 35.8. The molecule has 0 spiro atoms. The minimum absolute atomic E-state index is 0.0432. The van der Waals surface area contributed by atoms with Gasteiger partial charge in [0, 0.05) is 46.3 Å². The van der Waals surface area contributed by atoms with Crippen molar-refractivity contribution < 1.29 is 17.9 Å². The fraction of sp³-hybridized carbons (Fsp3) is 0.571. The SMILES string of the molecule is Cn1c(=O)n(CCC(=O)N2CCCC2)c(=O)c2cc(S(=O)(=O)NCC3CCCO3)ccc21. The Bertz CT molecular complexity index is 1240. The molecule has 1 aromatic heterocycles. The number of nitrogens with zero attached hydrogens (tertiary/aromatic N) is 3. The van der Waals surface area contributed by atoms with Crippen LogP contribution in [0.2, 0.25) is 0 Å². The molecule has 2 aliphatic rings. The number of aryl methyl sites for hydroxylation is 1. The Kier molecular flexibility index (Phi) is 6.50. The quantitative estimate of drug-likeness (QED) is 0.624. The Morgan fingerprint density at radius 3 is 2.62 bits per heavy atom. The van der Waals surface area contributed by atoms with Crippen molar-refractivity contribution in [3.05, 3.63) is 39.0 Å². The molecule has 1 aromatic carbocycles. The van der Waals surface area contributed by atoms with Crippen LogP contribution in [-0.2, 0) is 33.1 Å². The molecule has 0 radical (unpaired) electrons. The summed E-state index contributed by atoms with van der Waals surface area (Å²) in [5.74, 6) is -0.0915. The van der Waals surface area contributed by atoms with Crippen LogP contribution in [0, 0.1) is 0 Å². The molecule has 2 saturated heterocycles. The van der Waals surface area contributed by atoms with Crippen LogP contribution in [0.15, 0.2) is 32.7 Å². The number of aromatic nitrogens is 2. The van der Waals surface area contributed by atoms with E-state index >= 15 is 0 Å². The molecule has 2 aliphatic heterocycles. The van der Waals surface area contributed by atoms with E-state index in [1.54, 1.807) is 4.90 Å². The van der Waals surface area contributed by atoms with Gasteiger partial charge in [0.1, 0.15) is 0 Å². The lowest BCUT2D eigenvalue weighted by molar-refractivity contribution is -0.130. The number of fused-ring (bicyclic) bond motifs is 1. The van der Waals surface area contributed by atoms with Crippen molar-refractivity contribution in [3.8, 4) is 0 Å².